The topological polar surface area (TPSA) is 36.4 Å². The van der Waals surface area contributed by atoms with Crippen LogP contribution in [-0.2, 0) is 0 Å². The molecular weight excluding hydrogens is 164 g/mol. The third kappa shape index (κ3) is 1.59. The molecule has 0 unspecified atom stereocenters. The first-order valence-electron chi connectivity index (χ1n) is 4.29. The molecule has 13 heavy (non-hydrogen) atoms. The molecule has 0 aliphatic rings. The van der Waals surface area contributed by atoms with Crippen LogP contribution in [0, 0.1) is 20.8 Å². The predicted octanol–water partition coefficient (Wildman–Crippen LogP) is 1.78. The van der Waals surface area contributed by atoms with Gasteiger partial charge in [0.1, 0.15) is 11.6 Å². The highest BCUT2D eigenvalue weighted by Crippen LogP contribution is 2.28. The molecule has 0 atom stereocenters. The zero-order valence-corrected chi connectivity index (χ0v) is 8.84. The molecule has 0 aliphatic heterocycles. The van der Waals surface area contributed by atoms with E-state index in [4.69, 9.17) is 0 Å². The van der Waals surface area contributed by atoms with Crippen molar-refractivity contribution in [3.05, 3.63) is 16.8 Å². The molecule has 0 spiro atoms. The lowest BCUT2D eigenvalue weighted by molar-refractivity contribution is 0.462. The highest BCUT2D eigenvalue weighted by Gasteiger charge is 2.11. The summed E-state index contributed by atoms with van der Waals surface area (Å²) in [6.07, 6.45) is 0. The average molecular weight is 180 g/mol. The molecule has 0 aromatic carbocycles. The number of rotatable bonds is 1. The molecule has 0 radical (unpaired) electrons. The molecule has 0 amide bonds. The molecule has 0 aliphatic carbocycles. The van der Waals surface area contributed by atoms with Gasteiger partial charge in [-0.25, -0.2) is 4.98 Å². The fraction of sp³-hybridized carbons (Fsp3) is 0.500. The van der Waals surface area contributed by atoms with Gasteiger partial charge in [0, 0.05) is 14.1 Å². The van der Waals surface area contributed by atoms with Crippen LogP contribution in [0.4, 0.5) is 5.82 Å². The lowest BCUT2D eigenvalue weighted by Gasteiger charge is -2.17. The van der Waals surface area contributed by atoms with Gasteiger partial charge in [0.2, 0.25) is 0 Å². The molecule has 72 valence electrons. The van der Waals surface area contributed by atoms with Crippen LogP contribution >= 0.6 is 0 Å². The van der Waals surface area contributed by atoms with E-state index in [1.165, 1.54) is 0 Å². The summed E-state index contributed by atoms with van der Waals surface area (Å²) in [7, 11) is 3.90. The van der Waals surface area contributed by atoms with Gasteiger partial charge in [0.15, 0.2) is 0 Å². The molecule has 0 bridgehead atoms. The number of pyridine rings is 1. The normalized spacial score (nSPS) is 10.2. The van der Waals surface area contributed by atoms with Gasteiger partial charge in [-0.2, -0.15) is 0 Å². The van der Waals surface area contributed by atoms with Crippen LogP contribution in [-0.4, -0.2) is 24.2 Å². The van der Waals surface area contributed by atoms with E-state index < -0.39 is 0 Å². The van der Waals surface area contributed by atoms with E-state index in [9.17, 15) is 5.11 Å². The van der Waals surface area contributed by atoms with Crippen molar-refractivity contribution in [1.82, 2.24) is 4.98 Å². The molecule has 0 saturated heterocycles. The van der Waals surface area contributed by atoms with Crippen molar-refractivity contribution < 1.29 is 5.11 Å². The largest absolute Gasteiger partial charge is 0.506 e. The summed E-state index contributed by atoms with van der Waals surface area (Å²) in [4.78, 5) is 6.26. The van der Waals surface area contributed by atoms with Gasteiger partial charge in [-0.1, -0.05) is 0 Å². The Hall–Kier alpha value is -1.25. The fourth-order valence-electron chi connectivity index (χ4n) is 1.35. The van der Waals surface area contributed by atoms with E-state index in [-0.39, 0.29) is 0 Å². The van der Waals surface area contributed by atoms with Crippen molar-refractivity contribution in [2.75, 3.05) is 19.0 Å². The zero-order chi connectivity index (χ0) is 10.2. The Labute approximate surface area is 79.0 Å². The summed E-state index contributed by atoms with van der Waals surface area (Å²) < 4.78 is 0. The van der Waals surface area contributed by atoms with Crippen molar-refractivity contribution in [1.29, 1.82) is 0 Å². The lowest BCUT2D eigenvalue weighted by Crippen LogP contribution is -2.13. The quantitative estimate of drug-likeness (QED) is 0.715. The number of anilines is 1. The minimum absolute atomic E-state index is 0.308. The van der Waals surface area contributed by atoms with Crippen LogP contribution in [0.2, 0.25) is 0 Å². The second-order valence-corrected chi connectivity index (χ2v) is 3.51. The average Bonchev–Trinajstić information content (AvgIpc) is 2.07. The van der Waals surface area contributed by atoms with Gasteiger partial charge in [0.25, 0.3) is 0 Å². The monoisotopic (exact) mass is 180 g/mol. The van der Waals surface area contributed by atoms with Crippen LogP contribution in [0.15, 0.2) is 0 Å². The Bertz CT molecular complexity index is 332. The fourth-order valence-corrected chi connectivity index (χ4v) is 1.35. The number of aromatic hydroxyl groups is 1. The third-order valence-corrected chi connectivity index (χ3v) is 2.29. The molecule has 1 rings (SSSR count). The van der Waals surface area contributed by atoms with Crippen molar-refractivity contribution >= 4 is 5.82 Å². The number of hydrogen-bond acceptors (Lipinski definition) is 3. The molecule has 3 nitrogen and oxygen atoms in total. The maximum atomic E-state index is 9.61. The molecule has 0 saturated carbocycles. The third-order valence-electron chi connectivity index (χ3n) is 2.29. The summed E-state index contributed by atoms with van der Waals surface area (Å²) in [6.45, 7) is 5.69. The Morgan fingerprint density at radius 2 is 1.62 bits per heavy atom. The first-order valence-corrected chi connectivity index (χ1v) is 4.29. The summed E-state index contributed by atoms with van der Waals surface area (Å²) >= 11 is 0. The first-order chi connectivity index (χ1) is 5.95. The van der Waals surface area contributed by atoms with Crippen molar-refractivity contribution in [2.45, 2.75) is 20.8 Å². The summed E-state index contributed by atoms with van der Waals surface area (Å²) in [5, 5.41) is 9.61. The van der Waals surface area contributed by atoms with Crippen LogP contribution in [0.5, 0.6) is 5.75 Å². The van der Waals surface area contributed by atoms with Crippen LogP contribution in [0.3, 0.4) is 0 Å². The van der Waals surface area contributed by atoms with Crippen molar-refractivity contribution in [3.63, 3.8) is 0 Å². The minimum Gasteiger partial charge on any atom is -0.506 e. The summed E-state index contributed by atoms with van der Waals surface area (Å²) in [5.74, 6) is 1.23. The van der Waals surface area contributed by atoms with Crippen molar-refractivity contribution in [2.24, 2.45) is 0 Å². The molecular formula is C10H16N2O. The van der Waals surface area contributed by atoms with Gasteiger partial charge in [-0.05, 0) is 31.9 Å². The van der Waals surface area contributed by atoms with Gasteiger partial charge < -0.3 is 10.0 Å². The highest BCUT2D eigenvalue weighted by atomic mass is 16.3. The smallest absolute Gasteiger partial charge is 0.140 e. The molecule has 1 heterocycles. The van der Waals surface area contributed by atoms with Crippen LogP contribution in [0.25, 0.3) is 0 Å². The van der Waals surface area contributed by atoms with Gasteiger partial charge >= 0.3 is 0 Å². The van der Waals surface area contributed by atoms with Gasteiger partial charge in [-0.15, -0.1) is 0 Å². The van der Waals surface area contributed by atoms with Crippen LogP contribution in [0.1, 0.15) is 16.8 Å². The minimum atomic E-state index is 0.308. The van der Waals surface area contributed by atoms with Crippen molar-refractivity contribution in [3.8, 4) is 5.75 Å². The second kappa shape index (κ2) is 3.24. The highest BCUT2D eigenvalue weighted by molar-refractivity contribution is 5.54. The Morgan fingerprint density at radius 1 is 1.08 bits per heavy atom. The SMILES string of the molecule is Cc1nc(N(C)C)c(C)c(C)c1O. The molecule has 1 N–H and O–H groups in total. The second-order valence-electron chi connectivity index (χ2n) is 3.51. The van der Waals surface area contributed by atoms with E-state index in [1.807, 2.05) is 39.8 Å². The van der Waals surface area contributed by atoms with E-state index in [1.54, 1.807) is 0 Å². The Morgan fingerprint density at radius 3 is 2.08 bits per heavy atom. The number of aromatic nitrogens is 1. The lowest BCUT2D eigenvalue weighted by atomic mass is 10.1. The predicted molar refractivity (Wildman–Crippen MR) is 54.4 cm³/mol. The van der Waals surface area contributed by atoms with E-state index in [0.29, 0.717) is 11.4 Å². The van der Waals surface area contributed by atoms with Gasteiger partial charge in [0.05, 0.1) is 5.69 Å². The number of aryl methyl sites for hydroxylation is 1. The number of hydrogen-bond donors (Lipinski definition) is 1. The molecule has 1 aromatic heterocycles. The van der Waals surface area contributed by atoms with E-state index in [0.717, 1.165) is 16.9 Å². The molecule has 1 aromatic rings. The standard InChI is InChI=1S/C10H16N2O/c1-6-7(2)10(12(4)5)11-8(3)9(6)13/h13H,1-5H3. The Balaban J connectivity index is 3.41. The van der Waals surface area contributed by atoms with Gasteiger partial charge in [-0.3, -0.25) is 0 Å². The number of nitrogens with zero attached hydrogens (tertiary/aromatic N) is 2. The molecule has 3 heteroatoms. The first kappa shape index (κ1) is 9.84. The summed E-state index contributed by atoms with van der Waals surface area (Å²) in [6, 6.07) is 0. The Kier molecular flexibility index (Phi) is 2.45. The maximum Gasteiger partial charge on any atom is 0.140 e. The van der Waals surface area contributed by atoms with Crippen LogP contribution < -0.4 is 4.90 Å². The van der Waals surface area contributed by atoms with E-state index >= 15 is 0 Å². The maximum absolute atomic E-state index is 9.61. The zero-order valence-electron chi connectivity index (χ0n) is 8.84. The molecule has 0 fully saturated rings. The summed E-state index contributed by atoms with van der Waals surface area (Å²) in [5.41, 5.74) is 2.64. The van der Waals surface area contributed by atoms with E-state index in [2.05, 4.69) is 4.98 Å².